The van der Waals surface area contributed by atoms with Crippen LogP contribution < -0.4 is 5.32 Å². The summed E-state index contributed by atoms with van der Waals surface area (Å²) in [5.41, 5.74) is 0.743. The van der Waals surface area contributed by atoms with Crippen LogP contribution in [0.15, 0.2) is 42.5 Å². The van der Waals surface area contributed by atoms with E-state index in [1.807, 2.05) is 0 Å². The molecule has 0 saturated heterocycles. The van der Waals surface area contributed by atoms with Gasteiger partial charge in [0.15, 0.2) is 5.82 Å². The Morgan fingerprint density at radius 2 is 1.79 bits per heavy atom. The number of aliphatic hydroxyl groups is 1. The van der Waals surface area contributed by atoms with Crippen LogP contribution in [0.25, 0.3) is 0 Å². The van der Waals surface area contributed by atoms with E-state index in [0.29, 0.717) is 11.3 Å². The maximum Gasteiger partial charge on any atom is 0.179 e. The molecule has 0 aliphatic carbocycles. The zero-order valence-corrected chi connectivity index (χ0v) is 15.1. The topological polar surface area (TPSA) is 102 Å². The Hall–Kier alpha value is -3.10. The van der Waals surface area contributed by atoms with E-state index in [9.17, 15) is 19.0 Å². The van der Waals surface area contributed by atoms with E-state index in [4.69, 9.17) is 17.0 Å². The zero-order valence-electron chi connectivity index (χ0n) is 14.4. The summed E-state index contributed by atoms with van der Waals surface area (Å²) < 4.78 is 27.9. The minimum Gasteiger partial charge on any atom is -0.508 e. The highest BCUT2D eigenvalue weighted by atomic mass is 35.5. The number of rotatable bonds is 6. The van der Waals surface area contributed by atoms with Crippen LogP contribution >= 0.6 is 11.6 Å². The van der Waals surface area contributed by atoms with E-state index in [2.05, 4.69) is 15.3 Å². The van der Waals surface area contributed by atoms with Gasteiger partial charge in [-0.05, 0) is 12.1 Å². The second-order valence-electron chi connectivity index (χ2n) is 5.83. The van der Waals surface area contributed by atoms with Gasteiger partial charge in [0.2, 0.25) is 0 Å². The number of phenolic OH excluding ortho intramolecular Hbond substituents is 1. The molecular formula is C19H15ClF2N4O2. The largest absolute Gasteiger partial charge is 0.508 e. The summed E-state index contributed by atoms with van der Waals surface area (Å²) in [5, 5.41) is 29.8. The van der Waals surface area contributed by atoms with E-state index in [-0.39, 0.29) is 41.1 Å². The van der Waals surface area contributed by atoms with Crippen LogP contribution in [0.5, 0.6) is 5.75 Å². The Labute approximate surface area is 164 Å². The number of aromatic hydroxyl groups is 1. The number of nitrogens with one attached hydrogen (secondary N) is 2. The van der Waals surface area contributed by atoms with Crippen molar-refractivity contribution in [1.29, 1.82) is 5.41 Å². The zero-order chi connectivity index (χ0) is 20.3. The molecule has 28 heavy (non-hydrogen) atoms. The van der Waals surface area contributed by atoms with Gasteiger partial charge in [0.1, 0.15) is 28.2 Å². The van der Waals surface area contributed by atoms with Gasteiger partial charge < -0.3 is 15.5 Å². The summed E-state index contributed by atoms with van der Waals surface area (Å²) in [7, 11) is 0. The number of hydrogen-bond donors (Lipinski definition) is 4. The predicted molar refractivity (Wildman–Crippen MR) is 101 cm³/mol. The van der Waals surface area contributed by atoms with Gasteiger partial charge >= 0.3 is 0 Å². The normalized spacial score (nSPS) is 10.7. The highest BCUT2D eigenvalue weighted by molar-refractivity contribution is 6.29. The minimum absolute atomic E-state index is 0.00722. The third kappa shape index (κ3) is 4.24. The van der Waals surface area contributed by atoms with Gasteiger partial charge in [-0.2, -0.15) is 0 Å². The first-order chi connectivity index (χ1) is 13.4. The van der Waals surface area contributed by atoms with Crippen molar-refractivity contribution in [3.05, 3.63) is 81.9 Å². The Morgan fingerprint density at radius 3 is 2.46 bits per heavy atom. The summed E-state index contributed by atoms with van der Waals surface area (Å²) in [5.74, 6) is -2.27. The molecule has 3 rings (SSSR count). The van der Waals surface area contributed by atoms with Gasteiger partial charge in [0.05, 0.1) is 12.3 Å². The highest BCUT2D eigenvalue weighted by Gasteiger charge is 2.16. The molecular weight excluding hydrogens is 390 g/mol. The van der Waals surface area contributed by atoms with Crippen molar-refractivity contribution in [1.82, 2.24) is 9.97 Å². The van der Waals surface area contributed by atoms with Crippen LogP contribution in [-0.4, -0.2) is 25.9 Å². The first-order valence-corrected chi connectivity index (χ1v) is 8.50. The van der Waals surface area contributed by atoms with Crippen LogP contribution in [0.1, 0.15) is 22.6 Å². The van der Waals surface area contributed by atoms with E-state index < -0.39 is 17.4 Å². The third-order valence-corrected chi connectivity index (χ3v) is 4.10. The van der Waals surface area contributed by atoms with Crippen molar-refractivity contribution >= 4 is 23.0 Å². The number of anilines is 1. The summed E-state index contributed by atoms with van der Waals surface area (Å²) in [6.45, 7) is -0.567. The third-order valence-electron chi connectivity index (χ3n) is 3.91. The quantitative estimate of drug-likeness (QED) is 0.371. The van der Waals surface area contributed by atoms with Crippen LogP contribution in [0, 0.1) is 17.0 Å². The molecule has 0 radical (unpaired) electrons. The molecule has 9 heteroatoms. The maximum atomic E-state index is 13.9. The number of aliphatic hydroxyl groups excluding tert-OH is 1. The molecule has 0 unspecified atom stereocenters. The van der Waals surface area contributed by atoms with Gasteiger partial charge in [-0.3, -0.25) is 5.41 Å². The van der Waals surface area contributed by atoms with E-state index in [1.54, 1.807) is 24.3 Å². The molecule has 0 spiro atoms. The average molecular weight is 405 g/mol. The second kappa shape index (κ2) is 8.28. The van der Waals surface area contributed by atoms with Crippen molar-refractivity contribution in [2.75, 3.05) is 5.32 Å². The number of aromatic nitrogens is 2. The Bertz CT molecular complexity index is 1020. The van der Waals surface area contributed by atoms with Crippen molar-refractivity contribution in [2.24, 2.45) is 0 Å². The van der Waals surface area contributed by atoms with Gasteiger partial charge in [-0.25, -0.2) is 18.7 Å². The van der Waals surface area contributed by atoms with Crippen LogP contribution in [0.4, 0.5) is 14.5 Å². The molecule has 0 aliphatic rings. The van der Waals surface area contributed by atoms with Gasteiger partial charge in [0, 0.05) is 35.5 Å². The van der Waals surface area contributed by atoms with Gasteiger partial charge in [0.25, 0.3) is 0 Å². The first kappa shape index (κ1) is 19.7. The van der Waals surface area contributed by atoms with E-state index in [0.717, 1.165) is 12.1 Å². The van der Waals surface area contributed by atoms with E-state index >= 15 is 0 Å². The van der Waals surface area contributed by atoms with Gasteiger partial charge in [-0.1, -0.05) is 29.8 Å². The van der Waals surface area contributed by atoms with Crippen molar-refractivity contribution in [3.8, 4) is 5.75 Å². The lowest BCUT2D eigenvalue weighted by Gasteiger charge is -2.14. The van der Waals surface area contributed by atoms with Crippen LogP contribution in [-0.2, 0) is 13.2 Å². The summed E-state index contributed by atoms with van der Waals surface area (Å²) in [4.78, 5) is 8.08. The molecule has 2 aromatic carbocycles. The number of hydrogen-bond acceptors (Lipinski definition) is 6. The SMILES string of the molecule is N=C(c1nc(Cl)cc(CO)n1)c1ccccc1NCc1c(F)cc(O)cc1F. The number of nitrogens with zero attached hydrogens (tertiary/aromatic N) is 2. The number of phenols is 1. The molecule has 0 fully saturated rings. The standard InChI is InChI=1S/C19H15ClF2N4O2/c20-17-5-10(9-27)25-19(26-17)18(23)12-3-1-2-4-16(12)24-8-13-14(21)6-11(28)7-15(13)22/h1-7,23-24,27-28H,8-9H2. The number of para-hydroxylation sites is 1. The fraction of sp³-hybridized carbons (Fsp3) is 0.105. The molecule has 6 nitrogen and oxygen atoms in total. The fourth-order valence-corrected chi connectivity index (χ4v) is 2.78. The Balaban J connectivity index is 1.90. The molecule has 1 aromatic heterocycles. The Kier molecular flexibility index (Phi) is 5.81. The summed E-state index contributed by atoms with van der Waals surface area (Å²) in [6, 6.07) is 9.68. The smallest absolute Gasteiger partial charge is 0.179 e. The molecule has 0 atom stereocenters. The predicted octanol–water partition coefficient (Wildman–Crippen LogP) is 3.63. The molecule has 144 valence electrons. The number of benzene rings is 2. The second-order valence-corrected chi connectivity index (χ2v) is 6.21. The molecule has 0 saturated carbocycles. The Morgan fingerprint density at radius 1 is 1.11 bits per heavy atom. The molecule has 4 N–H and O–H groups in total. The van der Waals surface area contributed by atoms with Crippen LogP contribution in [0.3, 0.4) is 0 Å². The summed E-state index contributed by atoms with van der Waals surface area (Å²) >= 11 is 5.91. The fourth-order valence-electron chi connectivity index (χ4n) is 2.57. The maximum absolute atomic E-state index is 13.9. The summed E-state index contributed by atoms with van der Waals surface area (Å²) in [6.07, 6.45) is 0. The van der Waals surface area contributed by atoms with Gasteiger partial charge in [-0.15, -0.1) is 0 Å². The van der Waals surface area contributed by atoms with Crippen molar-refractivity contribution in [2.45, 2.75) is 13.2 Å². The molecule has 0 aliphatic heterocycles. The lowest BCUT2D eigenvalue weighted by Crippen LogP contribution is -2.13. The molecule has 3 aromatic rings. The molecule has 0 bridgehead atoms. The lowest BCUT2D eigenvalue weighted by molar-refractivity contribution is 0.276. The average Bonchev–Trinajstić information content (AvgIpc) is 2.66. The van der Waals surface area contributed by atoms with Crippen LogP contribution in [0.2, 0.25) is 5.15 Å². The minimum atomic E-state index is -0.886. The molecule has 0 amide bonds. The monoisotopic (exact) mass is 404 g/mol. The van der Waals surface area contributed by atoms with Crippen molar-refractivity contribution < 1.29 is 19.0 Å². The lowest BCUT2D eigenvalue weighted by atomic mass is 10.1. The number of halogens is 3. The van der Waals surface area contributed by atoms with E-state index in [1.165, 1.54) is 6.07 Å². The van der Waals surface area contributed by atoms with Crippen molar-refractivity contribution in [3.63, 3.8) is 0 Å². The highest BCUT2D eigenvalue weighted by Crippen LogP contribution is 2.23. The first-order valence-electron chi connectivity index (χ1n) is 8.12. The molecule has 1 heterocycles.